The van der Waals surface area contributed by atoms with Crippen molar-refractivity contribution in [1.82, 2.24) is 5.32 Å². The molecule has 0 spiro atoms. The molecule has 2 atom stereocenters. The van der Waals surface area contributed by atoms with E-state index in [-0.39, 0.29) is 5.41 Å². The van der Waals surface area contributed by atoms with Crippen LogP contribution in [0.25, 0.3) is 0 Å². The van der Waals surface area contributed by atoms with Crippen LogP contribution in [0.15, 0.2) is 28.7 Å². The Balaban J connectivity index is 2.24. The average molecular weight is 298 g/mol. The minimum Gasteiger partial charge on any atom is -0.384 e. The van der Waals surface area contributed by atoms with Gasteiger partial charge in [0.05, 0.1) is 6.61 Å². The third kappa shape index (κ3) is 2.90. The van der Waals surface area contributed by atoms with Crippen molar-refractivity contribution in [2.24, 2.45) is 5.41 Å². The Morgan fingerprint density at radius 1 is 1.41 bits per heavy atom. The zero-order valence-electron chi connectivity index (χ0n) is 10.5. The number of halogens is 1. The lowest BCUT2D eigenvalue weighted by Gasteiger charge is -2.41. The fraction of sp³-hybridized carbons (Fsp3) is 0.571. The van der Waals surface area contributed by atoms with Gasteiger partial charge in [-0.15, -0.1) is 0 Å². The number of hydrogen-bond acceptors (Lipinski definition) is 2. The van der Waals surface area contributed by atoms with E-state index in [0.29, 0.717) is 5.92 Å². The SMILES string of the molecule is COCC1(C)CCNCC1c1ccc(Br)cc1. The summed E-state index contributed by atoms with van der Waals surface area (Å²) in [5.41, 5.74) is 1.65. The number of piperidine rings is 1. The highest BCUT2D eigenvalue weighted by molar-refractivity contribution is 9.10. The number of ether oxygens (including phenoxy) is 1. The summed E-state index contributed by atoms with van der Waals surface area (Å²) >= 11 is 3.49. The molecule has 1 aliphatic heterocycles. The highest BCUT2D eigenvalue weighted by Gasteiger charge is 2.37. The molecule has 3 heteroatoms. The van der Waals surface area contributed by atoms with Gasteiger partial charge in [-0.3, -0.25) is 0 Å². The van der Waals surface area contributed by atoms with Gasteiger partial charge in [-0.25, -0.2) is 0 Å². The Bertz CT molecular complexity index is 361. The second-order valence-corrected chi connectivity index (χ2v) is 6.06. The van der Waals surface area contributed by atoms with Gasteiger partial charge in [0.1, 0.15) is 0 Å². The van der Waals surface area contributed by atoms with Crippen LogP contribution in [0.4, 0.5) is 0 Å². The van der Waals surface area contributed by atoms with Crippen LogP contribution < -0.4 is 5.32 Å². The van der Waals surface area contributed by atoms with Crippen molar-refractivity contribution >= 4 is 15.9 Å². The van der Waals surface area contributed by atoms with Crippen molar-refractivity contribution in [1.29, 1.82) is 0 Å². The van der Waals surface area contributed by atoms with Gasteiger partial charge in [-0.2, -0.15) is 0 Å². The monoisotopic (exact) mass is 297 g/mol. The first kappa shape index (κ1) is 13.1. The van der Waals surface area contributed by atoms with E-state index in [1.165, 1.54) is 12.0 Å². The van der Waals surface area contributed by atoms with E-state index in [4.69, 9.17) is 4.74 Å². The van der Waals surface area contributed by atoms with Crippen LogP contribution >= 0.6 is 15.9 Å². The Hall–Kier alpha value is -0.380. The summed E-state index contributed by atoms with van der Waals surface area (Å²) in [6, 6.07) is 8.68. The standard InChI is InChI=1S/C14H20BrNO/c1-14(10-17-2)7-8-16-9-13(14)11-3-5-12(15)6-4-11/h3-6,13,16H,7-10H2,1-2H3. The first-order valence-corrected chi connectivity index (χ1v) is 6.90. The van der Waals surface area contributed by atoms with Crippen LogP contribution in [0.5, 0.6) is 0 Å². The minimum absolute atomic E-state index is 0.244. The highest BCUT2D eigenvalue weighted by Crippen LogP contribution is 2.40. The molecule has 1 fully saturated rings. The zero-order valence-corrected chi connectivity index (χ0v) is 12.1. The molecule has 1 aliphatic rings. The first-order chi connectivity index (χ1) is 8.15. The Kier molecular flexibility index (Phi) is 4.23. The fourth-order valence-electron chi connectivity index (χ4n) is 2.76. The lowest BCUT2D eigenvalue weighted by Crippen LogP contribution is -2.44. The maximum Gasteiger partial charge on any atom is 0.0522 e. The van der Waals surface area contributed by atoms with Crippen LogP contribution in [-0.4, -0.2) is 26.8 Å². The lowest BCUT2D eigenvalue weighted by atomic mass is 9.70. The van der Waals surface area contributed by atoms with Crippen LogP contribution in [0.3, 0.4) is 0 Å². The molecule has 2 nitrogen and oxygen atoms in total. The maximum absolute atomic E-state index is 5.42. The molecule has 2 rings (SSSR count). The summed E-state index contributed by atoms with van der Waals surface area (Å²) < 4.78 is 6.56. The van der Waals surface area contributed by atoms with Gasteiger partial charge in [0.15, 0.2) is 0 Å². The lowest BCUT2D eigenvalue weighted by molar-refractivity contribution is 0.0509. The number of hydrogen-bond donors (Lipinski definition) is 1. The quantitative estimate of drug-likeness (QED) is 0.925. The third-order valence-electron chi connectivity index (χ3n) is 3.81. The highest BCUT2D eigenvalue weighted by atomic mass is 79.9. The van der Waals surface area contributed by atoms with Crippen molar-refractivity contribution in [3.8, 4) is 0 Å². The molecule has 0 amide bonds. The molecule has 0 saturated carbocycles. The molecule has 1 saturated heterocycles. The van der Waals surface area contributed by atoms with Crippen molar-refractivity contribution in [3.63, 3.8) is 0 Å². The summed E-state index contributed by atoms with van der Waals surface area (Å²) in [7, 11) is 1.80. The van der Waals surface area contributed by atoms with E-state index >= 15 is 0 Å². The molecule has 2 unspecified atom stereocenters. The van der Waals surface area contributed by atoms with E-state index in [2.05, 4.69) is 52.4 Å². The van der Waals surface area contributed by atoms with Crippen LogP contribution in [0, 0.1) is 5.41 Å². The van der Waals surface area contributed by atoms with Crippen molar-refractivity contribution < 1.29 is 4.74 Å². The normalized spacial score (nSPS) is 29.2. The number of methoxy groups -OCH3 is 1. The maximum atomic E-state index is 5.42. The van der Waals surface area contributed by atoms with Gasteiger partial charge >= 0.3 is 0 Å². The first-order valence-electron chi connectivity index (χ1n) is 6.11. The second kappa shape index (κ2) is 5.51. The van der Waals surface area contributed by atoms with E-state index in [1.807, 2.05) is 0 Å². The molecule has 0 aliphatic carbocycles. The molecule has 0 radical (unpaired) electrons. The van der Waals surface area contributed by atoms with Gasteiger partial charge < -0.3 is 10.1 Å². The van der Waals surface area contributed by atoms with E-state index in [9.17, 15) is 0 Å². The molecule has 1 N–H and O–H groups in total. The molecule has 1 aromatic carbocycles. The van der Waals surface area contributed by atoms with Crippen molar-refractivity contribution in [2.75, 3.05) is 26.8 Å². The molecule has 0 aromatic heterocycles. The third-order valence-corrected chi connectivity index (χ3v) is 4.34. The van der Waals surface area contributed by atoms with E-state index in [1.54, 1.807) is 7.11 Å². The van der Waals surface area contributed by atoms with Crippen molar-refractivity contribution in [2.45, 2.75) is 19.3 Å². The van der Waals surface area contributed by atoms with Crippen molar-refractivity contribution in [3.05, 3.63) is 34.3 Å². The van der Waals surface area contributed by atoms with E-state index in [0.717, 1.165) is 24.2 Å². The fourth-order valence-corrected chi connectivity index (χ4v) is 3.02. The Morgan fingerprint density at radius 3 is 2.76 bits per heavy atom. The van der Waals surface area contributed by atoms with Gasteiger partial charge in [0.25, 0.3) is 0 Å². The average Bonchev–Trinajstić information content (AvgIpc) is 2.31. The molecular weight excluding hydrogens is 278 g/mol. The summed E-state index contributed by atoms with van der Waals surface area (Å²) in [5.74, 6) is 0.532. The van der Waals surface area contributed by atoms with Crippen LogP contribution in [-0.2, 0) is 4.74 Å². The zero-order chi connectivity index (χ0) is 12.3. The van der Waals surface area contributed by atoms with Gasteiger partial charge in [-0.05, 0) is 30.7 Å². The Morgan fingerprint density at radius 2 is 2.12 bits per heavy atom. The number of nitrogens with one attached hydrogen (secondary N) is 1. The molecule has 94 valence electrons. The summed E-state index contributed by atoms with van der Waals surface area (Å²) in [5, 5.41) is 3.49. The van der Waals surface area contributed by atoms with Crippen LogP contribution in [0.1, 0.15) is 24.8 Å². The largest absolute Gasteiger partial charge is 0.384 e. The smallest absolute Gasteiger partial charge is 0.0522 e. The predicted octanol–water partition coefficient (Wildman–Crippen LogP) is 3.18. The summed E-state index contributed by atoms with van der Waals surface area (Å²) in [4.78, 5) is 0. The minimum atomic E-state index is 0.244. The van der Waals surface area contributed by atoms with Crippen LogP contribution in [0.2, 0.25) is 0 Å². The topological polar surface area (TPSA) is 21.3 Å². The number of benzene rings is 1. The predicted molar refractivity (Wildman–Crippen MR) is 74.4 cm³/mol. The number of rotatable bonds is 3. The molecular formula is C14H20BrNO. The second-order valence-electron chi connectivity index (χ2n) is 5.15. The van der Waals surface area contributed by atoms with Gasteiger partial charge in [-0.1, -0.05) is 35.0 Å². The van der Waals surface area contributed by atoms with Gasteiger partial charge in [0, 0.05) is 29.5 Å². The molecule has 1 aromatic rings. The molecule has 17 heavy (non-hydrogen) atoms. The van der Waals surface area contributed by atoms with Gasteiger partial charge in [0.2, 0.25) is 0 Å². The Labute approximate surface area is 112 Å². The summed E-state index contributed by atoms with van der Waals surface area (Å²) in [6.45, 7) is 5.30. The van der Waals surface area contributed by atoms with E-state index < -0.39 is 0 Å². The summed E-state index contributed by atoms with van der Waals surface area (Å²) in [6.07, 6.45) is 1.17. The molecule has 0 bridgehead atoms. The molecule has 1 heterocycles.